The molecule has 5 heteroatoms. The topological polar surface area (TPSA) is 66.3 Å². The van der Waals surface area contributed by atoms with Crippen molar-refractivity contribution in [2.75, 3.05) is 11.4 Å². The summed E-state index contributed by atoms with van der Waals surface area (Å²) < 4.78 is 0. The van der Waals surface area contributed by atoms with E-state index >= 15 is 0 Å². The zero-order valence-electron chi connectivity index (χ0n) is 9.84. The SMILES string of the molecule is CCC(C)N(CC)c1cnc(C(=O)O)cn1. The number of carboxylic acids is 1. The van der Waals surface area contributed by atoms with Crippen LogP contribution in [0, 0.1) is 0 Å². The number of hydrogen-bond acceptors (Lipinski definition) is 4. The van der Waals surface area contributed by atoms with Gasteiger partial charge in [0, 0.05) is 12.6 Å². The van der Waals surface area contributed by atoms with Crippen LogP contribution >= 0.6 is 0 Å². The summed E-state index contributed by atoms with van der Waals surface area (Å²) in [6, 6.07) is 0.370. The predicted molar refractivity (Wildman–Crippen MR) is 61.8 cm³/mol. The molecule has 5 nitrogen and oxygen atoms in total. The molecule has 0 bridgehead atoms. The van der Waals surface area contributed by atoms with Gasteiger partial charge in [-0.2, -0.15) is 0 Å². The lowest BCUT2D eigenvalue weighted by atomic mass is 10.2. The van der Waals surface area contributed by atoms with Crippen molar-refractivity contribution in [2.45, 2.75) is 33.2 Å². The minimum absolute atomic E-state index is 0.0241. The summed E-state index contributed by atoms with van der Waals surface area (Å²) in [6.07, 6.45) is 3.82. The molecule has 16 heavy (non-hydrogen) atoms. The fourth-order valence-corrected chi connectivity index (χ4v) is 1.50. The second kappa shape index (κ2) is 5.44. The standard InChI is InChI=1S/C11H17N3O2/c1-4-8(3)14(5-2)10-7-12-9(6-13-10)11(15)16/h6-8H,4-5H2,1-3H3,(H,15,16). The molecule has 88 valence electrons. The van der Waals surface area contributed by atoms with E-state index in [1.165, 1.54) is 12.4 Å². The van der Waals surface area contributed by atoms with Crippen molar-refractivity contribution in [1.82, 2.24) is 9.97 Å². The Morgan fingerprint density at radius 2 is 2.12 bits per heavy atom. The molecule has 1 aromatic heterocycles. The number of hydrogen-bond donors (Lipinski definition) is 1. The Morgan fingerprint density at radius 3 is 2.50 bits per heavy atom. The Kier molecular flexibility index (Phi) is 4.22. The lowest BCUT2D eigenvalue weighted by Gasteiger charge is -2.27. The van der Waals surface area contributed by atoms with Crippen LogP contribution in [0.25, 0.3) is 0 Å². The first-order chi connectivity index (χ1) is 7.60. The number of nitrogens with zero attached hydrogens (tertiary/aromatic N) is 3. The number of anilines is 1. The highest BCUT2D eigenvalue weighted by Crippen LogP contribution is 2.14. The first kappa shape index (κ1) is 12.4. The smallest absolute Gasteiger partial charge is 0.356 e. The Balaban J connectivity index is 2.90. The maximum atomic E-state index is 10.6. The molecular weight excluding hydrogens is 206 g/mol. The monoisotopic (exact) mass is 223 g/mol. The molecule has 1 heterocycles. The Morgan fingerprint density at radius 1 is 1.44 bits per heavy atom. The fraction of sp³-hybridized carbons (Fsp3) is 0.545. The van der Waals surface area contributed by atoms with Gasteiger partial charge in [0.15, 0.2) is 5.69 Å². The summed E-state index contributed by atoms with van der Waals surface area (Å²) in [5.74, 6) is -0.326. The molecule has 1 N–H and O–H groups in total. The van der Waals surface area contributed by atoms with E-state index in [0.717, 1.165) is 18.8 Å². The van der Waals surface area contributed by atoms with Crippen LogP contribution in [-0.2, 0) is 0 Å². The van der Waals surface area contributed by atoms with Crippen molar-refractivity contribution < 1.29 is 9.90 Å². The molecule has 0 saturated heterocycles. The molecule has 1 atom stereocenters. The molecule has 1 rings (SSSR count). The average molecular weight is 223 g/mol. The van der Waals surface area contributed by atoms with Crippen LogP contribution in [0.15, 0.2) is 12.4 Å². The van der Waals surface area contributed by atoms with Gasteiger partial charge >= 0.3 is 5.97 Å². The van der Waals surface area contributed by atoms with Crippen LogP contribution in [0.2, 0.25) is 0 Å². The minimum Gasteiger partial charge on any atom is -0.476 e. The van der Waals surface area contributed by atoms with Crippen LogP contribution < -0.4 is 4.90 Å². The quantitative estimate of drug-likeness (QED) is 0.824. The maximum absolute atomic E-state index is 10.6. The number of carboxylic acid groups (broad SMARTS) is 1. The van der Waals surface area contributed by atoms with Crippen LogP contribution in [-0.4, -0.2) is 33.6 Å². The van der Waals surface area contributed by atoms with Crippen molar-refractivity contribution >= 4 is 11.8 Å². The Bertz CT molecular complexity index is 351. The van der Waals surface area contributed by atoms with Crippen molar-refractivity contribution in [3.05, 3.63) is 18.1 Å². The zero-order valence-corrected chi connectivity index (χ0v) is 9.84. The normalized spacial score (nSPS) is 12.2. The predicted octanol–water partition coefficient (Wildman–Crippen LogP) is 1.80. The molecule has 1 unspecified atom stereocenters. The second-order valence-corrected chi connectivity index (χ2v) is 3.61. The number of aromatic nitrogens is 2. The van der Waals surface area contributed by atoms with Gasteiger partial charge in [0.25, 0.3) is 0 Å². The van der Waals surface area contributed by atoms with E-state index < -0.39 is 5.97 Å². The fourth-order valence-electron chi connectivity index (χ4n) is 1.50. The molecule has 1 aromatic rings. The van der Waals surface area contributed by atoms with Gasteiger partial charge in [-0.3, -0.25) is 0 Å². The van der Waals surface area contributed by atoms with Gasteiger partial charge < -0.3 is 10.0 Å². The summed E-state index contributed by atoms with van der Waals surface area (Å²) in [7, 11) is 0. The van der Waals surface area contributed by atoms with Gasteiger partial charge in [0.2, 0.25) is 0 Å². The van der Waals surface area contributed by atoms with Crippen molar-refractivity contribution in [3.63, 3.8) is 0 Å². The van der Waals surface area contributed by atoms with E-state index in [1.807, 2.05) is 6.92 Å². The zero-order chi connectivity index (χ0) is 12.1. The van der Waals surface area contributed by atoms with E-state index in [1.54, 1.807) is 0 Å². The molecule has 0 saturated carbocycles. The summed E-state index contributed by atoms with van der Waals surface area (Å²) in [5, 5.41) is 8.71. The highest BCUT2D eigenvalue weighted by atomic mass is 16.4. The minimum atomic E-state index is -1.05. The molecular formula is C11H17N3O2. The molecule has 0 spiro atoms. The van der Waals surface area contributed by atoms with Gasteiger partial charge in [-0.25, -0.2) is 14.8 Å². The molecule has 0 aliphatic rings. The van der Waals surface area contributed by atoms with E-state index in [0.29, 0.717) is 6.04 Å². The van der Waals surface area contributed by atoms with Gasteiger partial charge in [-0.1, -0.05) is 6.92 Å². The summed E-state index contributed by atoms with van der Waals surface area (Å²) in [5.41, 5.74) is -0.0241. The third kappa shape index (κ3) is 2.68. The molecule has 0 fully saturated rings. The van der Waals surface area contributed by atoms with E-state index in [4.69, 9.17) is 5.11 Å². The first-order valence-electron chi connectivity index (χ1n) is 5.42. The highest BCUT2D eigenvalue weighted by molar-refractivity contribution is 5.84. The average Bonchev–Trinajstić information content (AvgIpc) is 2.30. The first-order valence-corrected chi connectivity index (χ1v) is 5.42. The van der Waals surface area contributed by atoms with E-state index in [2.05, 4.69) is 28.7 Å². The molecule has 0 aliphatic heterocycles. The van der Waals surface area contributed by atoms with Crippen LogP contribution in [0.1, 0.15) is 37.7 Å². The summed E-state index contributed by atoms with van der Waals surface area (Å²) in [4.78, 5) is 20.7. The Hall–Kier alpha value is -1.65. The lowest BCUT2D eigenvalue weighted by Crippen LogP contribution is -2.33. The van der Waals surface area contributed by atoms with Crippen LogP contribution in [0.4, 0.5) is 5.82 Å². The van der Waals surface area contributed by atoms with Crippen molar-refractivity contribution in [2.24, 2.45) is 0 Å². The van der Waals surface area contributed by atoms with Gasteiger partial charge in [0.1, 0.15) is 5.82 Å². The van der Waals surface area contributed by atoms with Crippen LogP contribution in [0.5, 0.6) is 0 Å². The van der Waals surface area contributed by atoms with E-state index in [-0.39, 0.29) is 5.69 Å². The van der Waals surface area contributed by atoms with Crippen molar-refractivity contribution in [3.8, 4) is 0 Å². The molecule has 0 aromatic carbocycles. The summed E-state index contributed by atoms with van der Waals surface area (Å²) in [6.45, 7) is 7.08. The molecule has 0 radical (unpaired) electrons. The van der Waals surface area contributed by atoms with Gasteiger partial charge in [0.05, 0.1) is 12.4 Å². The van der Waals surface area contributed by atoms with Gasteiger partial charge in [-0.15, -0.1) is 0 Å². The third-order valence-corrected chi connectivity index (χ3v) is 2.62. The van der Waals surface area contributed by atoms with Gasteiger partial charge in [-0.05, 0) is 20.3 Å². The molecule has 0 amide bonds. The number of carbonyl (C=O) groups is 1. The van der Waals surface area contributed by atoms with E-state index in [9.17, 15) is 4.79 Å². The van der Waals surface area contributed by atoms with Crippen molar-refractivity contribution in [1.29, 1.82) is 0 Å². The lowest BCUT2D eigenvalue weighted by molar-refractivity contribution is 0.0690. The Labute approximate surface area is 95.1 Å². The maximum Gasteiger partial charge on any atom is 0.356 e. The largest absolute Gasteiger partial charge is 0.476 e. The second-order valence-electron chi connectivity index (χ2n) is 3.61. The molecule has 0 aliphatic carbocycles. The van der Waals surface area contributed by atoms with Crippen LogP contribution in [0.3, 0.4) is 0 Å². The summed E-state index contributed by atoms with van der Waals surface area (Å²) >= 11 is 0. The third-order valence-electron chi connectivity index (χ3n) is 2.62. The number of rotatable bonds is 5. The number of aromatic carboxylic acids is 1. The highest BCUT2D eigenvalue weighted by Gasteiger charge is 2.13.